The van der Waals surface area contributed by atoms with Gasteiger partial charge >= 0.3 is 17.9 Å². The van der Waals surface area contributed by atoms with Crippen LogP contribution in [-0.2, 0) is 35.2 Å². The highest BCUT2D eigenvalue weighted by Crippen LogP contribution is 2.60. The maximum atomic E-state index is 14.7. The molecule has 0 radical (unpaired) electrons. The predicted molar refractivity (Wildman–Crippen MR) is 129 cm³/mol. The second-order valence-corrected chi connectivity index (χ2v) is 11.9. The summed E-state index contributed by atoms with van der Waals surface area (Å²) in [4.78, 5) is 37.2. The van der Waals surface area contributed by atoms with Gasteiger partial charge in [-0.3, -0.25) is 9.59 Å². The summed E-state index contributed by atoms with van der Waals surface area (Å²) in [6.07, 6.45) is 3.57. The molecule has 0 aromatic heterocycles. The minimum atomic E-state index is -2.58. The van der Waals surface area contributed by atoms with Crippen molar-refractivity contribution in [3.63, 3.8) is 0 Å². The van der Waals surface area contributed by atoms with Crippen molar-refractivity contribution < 1.29 is 42.5 Å². The Bertz CT molecular complexity index is 1040. The number of benzene rings is 1. The Morgan fingerprint density at radius 1 is 1.05 bits per heavy atom. The molecule has 5 atom stereocenters. The highest BCUT2D eigenvalue weighted by Gasteiger charge is 2.70. The van der Waals surface area contributed by atoms with Gasteiger partial charge in [-0.1, -0.05) is 12.1 Å². The molecule has 10 heteroatoms. The zero-order valence-corrected chi connectivity index (χ0v) is 21.4. The Labute approximate surface area is 220 Å². The first-order chi connectivity index (χ1) is 18.0. The van der Waals surface area contributed by atoms with Crippen LogP contribution in [0.3, 0.4) is 0 Å². The van der Waals surface area contributed by atoms with Crippen LogP contribution in [0.15, 0.2) is 24.3 Å². The minimum absolute atomic E-state index is 0.0108. The highest BCUT2D eigenvalue weighted by atomic mass is 19.1. The fourth-order valence-corrected chi connectivity index (χ4v) is 7.44. The van der Waals surface area contributed by atoms with Gasteiger partial charge < -0.3 is 25.1 Å². The fraction of sp³-hybridized carbons (Fsp3) is 0.679. The smallest absolute Gasteiger partial charge is 0.343 e. The average Bonchev–Trinajstić information content (AvgIpc) is 3.37. The van der Waals surface area contributed by atoms with Crippen molar-refractivity contribution >= 4 is 17.9 Å². The van der Waals surface area contributed by atoms with E-state index >= 15 is 0 Å². The van der Waals surface area contributed by atoms with Gasteiger partial charge in [-0.25, -0.2) is 13.6 Å². The number of rotatable bonds is 11. The Kier molecular flexibility index (Phi) is 7.24. The lowest BCUT2D eigenvalue weighted by molar-refractivity contribution is -0.202. The van der Waals surface area contributed by atoms with Gasteiger partial charge in [-0.2, -0.15) is 0 Å². The molecular formula is C28H35F2NO7. The van der Waals surface area contributed by atoms with Crippen molar-refractivity contribution in [2.75, 3.05) is 0 Å². The summed E-state index contributed by atoms with van der Waals surface area (Å²) >= 11 is 0. The van der Waals surface area contributed by atoms with Gasteiger partial charge in [0.15, 0.2) is 0 Å². The van der Waals surface area contributed by atoms with Crippen LogP contribution in [0.2, 0.25) is 0 Å². The number of carboxylic acid groups (broad SMARTS) is 1. The van der Waals surface area contributed by atoms with Gasteiger partial charge in [0.05, 0.1) is 30.6 Å². The van der Waals surface area contributed by atoms with Gasteiger partial charge in [0.25, 0.3) is 0 Å². The minimum Gasteiger partial charge on any atom is -0.479 e. The summed E-state index contributed by atoms with van der Waals surface area (Å²) in [7, 11) is 0. The number of hydrogen-bond donors (Lipinski definition) is 2. The van der Waals surface area contributed by atoms with Crippen LogP contribution >= 0.6 is 0 Å². The molecule has 208 valence electrons. The van der Waals surface area contributed by atoms with Crippen molar-refractivity contribution in [3.05, 3.63) is 35.6 Å². The predicted octanol–water partition coefficient (Wildman–Crippen LogP) is 3.89. The van der Waals surface area contributed by atoms with Crippen molar-refractivity contribution in [2.45, 2.75) is 89.0 Å². The topological polar surface area (TPSA) is 125 Å². The number of alkyl halides is 1. The van der Waals surface area contributed by atoms with E-state index in [1.165, 1.54) is 50.5 Å². The summed E-state index contributed by atoms with van der Waals surface area (Å²) < 4.78 is 44.6. The molecular weight excluding hydrogens is 500 g/mol. The van der Waals surface area contributed by atoms with Gasteiger partial charge in [-0.15, -0.1) is 0 Å². The van der Waals surface area contributed by atoms with Crippen LogP contribution in [0.4, 0.5) is 8.78 Å². The first-order valence-electron chi connectivity index (χ1n) is 13.4. The van der Waals surface area contributed by atoms with Gasteiger partial charge in [0, 0.05) is 12.8 Å². The number of ether oxygens (including phenoxy) is 3. The maximum Gasteiger partial charge on any atom is 0.343 e. The molecule has 6 rings (SSSR count). The molecule has 1 aromatic rings. The standard InChI is InChI=1S/C28H35F2NO7/c1-15(38-26(35)27-11-17-6-18(12-27)8-19(7-17)13-27)37-23(32)10-21(9-22-24(31)28(22,30)25(33)34)36-14-16-2-4-20(29)5-3-16/h2-5,15,17-19,21-22,24H,6-14,31H2,1H3,(H,33,34)/t15-,17?,18?,19?,21+,22+,24?,27?,28+/m0/s1. The van der Waals surface area contributed by atoms with Crippen LogP contribution in [-0.4, -0.2) is 47.1 Å². The summed E-state index contributed by atoms with van der Waals surface area (Å²) in [5, 5.41) is 9.20. The first kappa shape index (κ1) is 27.0. The normalized spacial score (nSPS) is 36.4. The van der Waals surface area contributed by atoms with E-state index in [9.17, 15) is 28.3 Å². The Morgan fingerprint density at radius 2 is 1.63 bits per heavy atom. The van der Waals surface area contributed by atoms with E-state index in [0.717, 1.165) is 19.3 Å². The summed E-state index contributed by atoms with van der Waals surface area (Å²) in [5.74, 6) is -2.45. The number of aliphatic carboxylic acids is 1. The van der Waals surface area contributed by atoms with Crippen LogP contribution in [0.25, 0.3) is 0 Å². The molecule has 5 aliphatic carbocycles. The van der Waals surface area contributed by atoms with E-state index in [4.69, 9.17) is 19.9 Å². The molecule has 3 N–H and O–H groups in total. The zero-order chi connectivity index (χ0) is 27.2. The van der Waals surface area contributed by atoms with Crippen molar-refractivity contribution in [2.24, 2.45) is 34.8 Å². The van der Waals surface area contributed by atoms with E-state index in [2.05, 4.69) is 0 Å². The number of carbonyl (C=O) groups is 3. The molecule has 0 amide bonds. The summed E-state index contributed by atoms with van der Waals surface area (Å²) in [6, 6.07) is 4.32. The molecule has 0 heterocycles. The fourth-order valence-electron chi connectivity index (χ4n) is 7.44. The van der Waals surface area contributed by atoms with E-state index in [1.54, 1.807) is 0 Å². The van der Waals surface area contributed by atoms with E-state index in [-0.39, 0.29) is 25.4 Å². The molecule has 1 unspecified atom stereocenters. The third-order valence-corrected chi connectivity index (χ3v) is 9.03. The largest absolute Gasteiger partial charge is 0.479 e. The number of esters is 2. The lowest BCUT2D eigenvalue weighted by Crippen LogP contribution is -2.51. The van der Waals surface area contributed by atoms with Gasteiger partial charge in [-0.05, 0) is 80.4 Å². The van der Waals surface area contributed by atoms with E-state index in [1.807, 2.05) is 0 Å². The second-order valence-electron chi connectivity index (χ2n) is 11.9. The second kappa shape index (κ2) is 10.2. The zero-order valence-electron chi connectivity index (χ0n) is 21.4. The third kappa shape index (κ3) is 5.30. The Balaban J connectivity index is 1.17. The molecule has 5 saturated carbocycles. The number of carbonyl (C=O) groups excluding carboxylic acids is 2. The van der Waals surface area contributed by atoms with Crippen molar-refractivity contribution in [1.29, 1.82) is 0 Å². The van der Waals surface area contributed by atoms with Gasteiger partial charge in [0.2, 0.25) is 12.0 Å². The molecule has 0 spiro atoms. The monoisotopic (exact) mass is 535 g/mol. The Morgan fingerprint density at radius 3 is 2.16 bits per heavy atom. The molecule has 38 heavy (non-hydrogen) atoms. The maximum absolute atomic E-state index is 14.7. The molecule has 4 bridgehead atoms. The molecule has 1 aromatic carbocycles. The lowest BCUT2D eigenvalue weighted by atomic mass is 9.49. The SMILES string of the molecule is C[C@@H](OC(=O)C[C@@H](C[C@@H]1C(N)[C@@]1(F)C(=O)O)OCc1ccc(F)cc1)OC(=O)C12CC3CC(CC(C3)C1)C2. The molecule has 8 nitrogen and oxygen atoms in total. The molecule has 0 aliphatic heterocycles. The third-order valence-electron chi connectivity index (χ3n) is 9.03. The van der Waals surface area contributed by atoms with Crippen LogP contribution in [0, 0.1) is 34.9 Å². The number of carboxylic acids is 1. The highest BCUT2D eigenvalue weighted by molar-refractivity contribution is 5.84. The van der Waals surface area contributed by atoms with Gasteiger partial charge in [0.1, 0.15) is 5.82 Å². The lowest BCUT2D eigenvalue weighted by Gasteiger charge is -2.55. The summed E-state index contributed by atoms with van der Waals surface area (Å²) in [6.45, 7) is 1.47. The van der Waals surface area contributed by atoms with E-state index < -0.39 is 53.2 Å². The molecule has 5 aliphatic rings. The van der Waals surface area contributed by atoms with E-state index in [0.29, 0.717) is 23.3 Å². The number of halogens is 2. The Hall–Kier alpha value is -2.59. The number of hydrogen-bond acceptors (Lipinski definition) is 7. The summed E-state index contributed by atoms with van der Waals surface area (Å²) in [5.41, 5.74) is 3.23. The average molecular weight is 536 g/mol. The van der Waals surface area contributed by atoms with Crippen LogP contribution < -0.4 is 5.73 Å². The number of nitrogens with two attached hydrogens (primary N) is 1. The van der Waals surface area contributed by atoms with Crippen LogP contribution in [0.5, 0.6) is 0 Å². The van der Waals surface area contributed by atoms with Crippen molar-refractivity contribution in [3.8, 4) is 0 Å². The van der Waals surface area contributed by atoms with Crippen molar-refractivity contribution in [1.82, 2.24) is 0 Å². The molecule has 5 fully saturated rings. The first-order valence-corrected chi connectivity index (χ1v) is 13.4. The quantitative estimate of drug-likeness (QED) is 0.323. The van der Waals surface area contributed by atoms with Crippen LogP contribution in [0.1, 0.15) is 63.9 Å². The molecule has 0 saturated heterocycles.